The van der Waals surface area contributed by atoms with Crippen LogP contribution in [0.2, 0.25) is 0 Å². The molecule has 0 radical (unpaired) electrons. The molecule has 0 unspecified atom stereocenters. The van der Waals surface area contributed by atoms with Crippen molar-refractivity contribution in [1.82, 2.24) is 19.8 Å². The van der Waals surface area contributed by atoms with Crippen LogP contribution >= 0.6 is 11.3 Å². The van der Waals surface area contributed by atoms with E-state index in [1.54, 1.807) is 22.4 Å². The zero-order valence-corrected chi connectivity index (χ0v) is 19.0. The number of nitrogens with zero attached hydrogens (tertiary/aromatic N) is 5. The lowest BCUT2D eigenvalue weighted by Gasteiger charge is -2.37. The minimum Gasteiger partial charge on any atom is -0.345 e. The third kappa shape index (κ3) is 5.94. The largest absolute Gasteiger partial charge is 0.345 e. The lowest BCUT2D eigenvalue weighted by Crippen LogP contribution is -2.55. The first-order valence-corrected chi connectivity index (χ1v) is 12.1. The van der Waals surface area contributed by atoms with Crippen molar-refractivity contribution in [2.45, 2.75) is 51.5 Å². The van der Waals surface area contributed by atoms with Crippen LogP contribution in [0.25, 0.3) is 0 Å². The van der Waals surface area contributed by atoms with Gasteiger partial charge >= 0.3 is 0 Å². The van der Waals surface area contributed by atoms with E-state index in [1.807, 2.05) is 10.3 Å². The molecule has 31 heavy (non-hydrogen) atoms. The number of rotatable bonds is 10. The highest BCUT2D eigenvalue weighted by Gasteiger charge is 2.39. The normalized spacial score (nSPS) is 20.1. The summed E-state index contributed by atoms with van der Waals surface area (Å²) >= 11 is 1.60. The Hall–Kier alpha value is -2.20. The average molecular weight is 452 g/mol. The molecule has 0 spiro atoms. The summed E-state index contributed by atoms with van der Waals surface area (Å²) in [5, 5.41) is 13.1. The minimum absolute atomic E-state index is 0.00758. The fraction of sp³-hybridized carbons (Fsp3) is 0.714. The first kappa shape index (κ1) is 23.5. The van der Waals surface area contributed by atoms with Crippen LogP contribution in [-0.4, -0.2) is 88.6 Å². The Bertz CT molecular complexity index is 723. The molecule has 3 heterocycles. The number of hydrogen-bond acceptors (Lipinski definition) is 7. The number of hydrogen-bond donors (Lipinski definition) is 1. The van der Waals surface area contributed by atoms with Crippen molar-refractivity contribution in [2.24, 2.45) is 5.92 Å². The van der Waals surface area contributed by atoms with Gasteiger partial charge in [0.2, 0.25) is 18.2 Å². The Morgan fingerprint density at radius 2 is 2.06 bits per heavy atom. The van der Waals surface area contributed by atoms with Crippen molar-refractivity contribution in [3.63, 3.8) is 0 Å². The topological polar surface area (TPSA) is 97.3 Å². The van der Waals surface area contributed by atoms with Gasteiger partial charge in [-0.25, -0.2) is 10.0 Å². The van der Waals surface area contributed by atoms with E-state index in [4.69, 9.17) is 0 Å². The number of hydroxylamine groups is 2. The first-order valence-electron chi connectivity index (χ1n) is 11.2. The van der Waals surface area contributed by atoms with Crippen LogP contribution in [0.1, 0.15) is 45.4 Å². The van der Waals surface area contributed by atoms with Crippen molar-refractivity contribution in [3.05, 3.63) is 11.6 Å². The molecule has 1 N–H and O–H groups in total. The summed E-state index contributed by atoms with van der Waals surface area (Å²) in [5.74, 6) is -0.612. The van der Waals surface area contributed by atoms with Gasteiger partial charge in [0.15, 0.2) is 5.13 Å². The van der Waals surface area contributed by atoms with E-state index in [0.29, 0.717) is 43.9 Å². The maximum Gasteiger partial charge on any atom is 0.245 e. The molecule has 9 nitrogen and oxygen atoms in total. The molecule has 1 aromatic rings. The monoisotopic (exact) mass is 451 g/mol. The van der Waals surface area contributed by atoms with Gasteiger partial charge in [0, 0.05) is 44.3 Å². The number of likely N-dealkylation sites (tertiary alicyclic amines) is 1. The predicted octanol–water partition coefficient (Wildman–Crippen LogP) is 1.83. The zero-order chi connectivity index (χ0) is 22.2. The molecule has 172 valence electrons. The molecule has 2 aliphatic heterocycles. The second kappa shape index (κ2) is 11.4. The Kier molecular flexibility index (Phi) is 8.65. The van der Waals surface area contributed by atoms with Gasteiger partial charge in [-0.3, -0.25) is 19.6 Å². The van der Waals surface area contributed by atoms with E-state index in [9.17, 15) is 19.6 Å². The number of aromatic nitrogens is 1. The highest BCUT2D eigenvalue weighted by Crippen LogP contribution is 2.25. The van der Waals surface area contributed by atoms with E-state index in [-0.39, 0.29) is 18.4 Å². The second-order valence-corrected chi connectivity index (χ2v) is 9.11. The second-order valence-electron chi connectivity index (χ2n) is 8.24. The van der Waals surface area contributed by atoms with Gasteiger partial charge in [0.25, 0.3) is 0 Å². The molecule has 2 atom stereocenters. The average Bonchev–Trinajstić information content (AvgIpc) is 3.50. The van der Waals surface area contributed by atoms with Crippen molar-refractivity contribution < 1.29 is 19.6 Å². The molecular weight excluding hydrogens is 418 g/mol. The standard InChI is InChI=1S/C21H33N5O4S/c1-2-3-4-6-17(15-25(30)16-27)19(28)26-9-5-7-18(26)20(29)23-10-12-24(13-11-23)21-22-8-14-31-21/h8,14,16-18,30H,2-7,9-13,15H2,1H3/t17-,18+/m1/s1. The molecule has 2 saturated heterocycles. The summed E-state index contributed by atoms with van der Waals surface area (Å²) in [6, 6.07) is -0.448. The predicted molar refractivity (Wildman–Crippen MR) is 118 cm³/mol. The van der Waals surface area contributed by atoms with Gasteiger partial charge in [-0.1, -0.05) is 26.2 Å². The van der Waals surface area contributed by atoms with E-state index in [0.717, 1.165) is 43.9 Å². The Labute approximate surface area is 187 Å². The fourth-order valence-corrected chi connectivity index (χ4v) is 5.12. The van der Waals surface area contributed by atoms with Crippen molar-refractivity contribution in [1.29, 1.82) is 0 Å². The van der Waals surface area contributed by atoms with Gasteiger partial charge in [-0.05, 0) is 19.3 Å². The first-order chi connectivity index (χ1) is 15.0. The third-order valence-corrected chi connectivity index (χ3v) is 6.97. The van der Waals surface area contributed by atoms with Gasteiger partial charge in [0.05, 0.1) is 12.5 Å². The molecule has 0 bridgehead atoms. The van der Waals surface area contributed by atoms with Gasteiger partial charge in [-0.2, -0.15) is 0 Å². The van der Waals surface area contributed by atoms with Crippen LogP contribution in [-0.2, 0) is 14.4 Å². The number of carbonyl (C=O) groups excluding carboxylic acids is 3. The third-order valence-electron chi connectivity index (χ3n) is 6.14. The Balaban J connectivity index is 1.60. The molecule has 0 aliphatic carbocycles. The van der Waals surface area contributed by atoms with E-state index in [1.165, 1.54) is 0 Å². The molecular formula is C21H33N5O4S. The van der Waals surface area contributed by atoms with Crippen molar-refractivity contribution in [2.75, 3.05) is 44.2 Å². The molecule has 0 saturated carbocycles. The number of carbonyl (C=O) groups is 3. The quantitative estimate of drug-likeness (QED) is 0.252. The van der Waals surface area contributed by atoms with Gasteiger partial charge < -0.3 is 14.7 Å². The highest BCUT2D eigenvalue weighted by atomic mass is 32.1. The number of piperazine rings is 1. The molecule has 3 rings (SSSR count). The molecule has 2 aliphatic rings. The van der Waals surface area contributed by atoms with Gasteiger partial charge in [0.1, 0.15) is 6.04 Å². The van der Waals surface area contributed by atoms with Crippen LogP contribution in [0.15, 0.2) is 11.6 Å². The lowest BCUT2D eigenvalue weighted by atomic mass is 9.98. The van der Waals surface area contributed by atoms with Crippen LogP contribution in [0.3, 0.4) is 0 Å². The van der Waals surface area contributed by atoms with Crippen LogP contribution < -0.4 is 4.90 Å². The van der Waals surface area contributed by atoms with Gasteiger partial charge in [-0.15, -0.1) is 11.3 Å². The Morgan fingerprint density at radius 1 is 1.29 bits per heavy atom. The molecule has 10 heteroatoms. The molecule has 3 amide bonds. The smallest absolute Gasteiger partial charge is 0.245 e. The lowest BCUT2D eigenvalue weighted by molar-refractivity contribution is -0.158. The molecule has 2 fully saturated rings. The SMILES string of the molecule is CCCCC[C@H](CN(O)C=O)C(=O)N1CCC[C@H]1C(=O)N1CCN(c2nccs2)CC1. The summed E-state index contributed by atoms with van der Waals surface area (Å²) < 4.78 is 0. The zero-order valence-electron chi connectivity index (χ0n) is 18.2. The number of amides is 3. The summed E-state index contributed by atoms with van der Waals surface area (Å²) in [6.45, 7) is 5.31. The minimum atomic E-state index is -0.489. The number of unbranched alkanes of at least 4 members (excludes halogenated alkanes) is 2. The summed E-state index contributed by atoms with van der Waals surface area (Å²) in [5.41, 5.74) is 0. The fourth-order valence-electron chi connectivity index (χ4n) is 4.43. The van der Waals surface area contributed by atoms with E-state index >= 15 is 0 Å². The van der Waals surface area contributed by atoms with Crippen molar-refractivity contribution >= 4 is 34.7 Å². The maximum absolute atomic E-state index is 13.3. The summed E-state index contributed by atoms with van der Waals surface area (Å²) in [4.78, 5) is 47.5. The molecule has 1 aromatic heterocycles. The van der Waals surface area contributed by atoms with Crippen LogP contribution in [0.4, 0.5) is 5.13 Å². The number of thiazole rings is 1. The molecule has 0 aromatic carbocycles. The maximum atomic E-state index is 13.3. The van der Waals surface area contributed by atoms with Crippen LogP contribution in [0, 0.1) is 5.92 Å². The van der Waals surface area contributed by atoms with Crippen molar-refractivity contribution in [3.8, 4) is 0 Å². The summed E-state index contributed by atoms with van der Waals surface area (Å²) in [7, 11) is 0. The van der Waals surface area contributed by atoms with E-state index in [2.05, 4.69) is 16.8 Å². The Morgan fingerprint density at radius 3 is 2.71 bits per heavy atom. The number of anilines is 1. The summed E-state index contributed by atoms with van der Waals surface area (Å²) in [6.07, 6.45) is 7.03. The van der Waals surface area contributed by atoms with Crippen LogP contribution in [0.5, 0.6) is 0 Å². The van der Waals surface area contributed by atoms with E-state index < -0.39 is 12.0 Å². The highest BCUT2D eigenvalue weighted by molar-refractivity contribution is 7.13.